The second kappa shape index (κ2) is 4.38. The van der Waals surface area contributed by atoms with Crippen molar-refractivity contribution in [2.75, 3.05) is 26.0 Å². The number of amides is 1. The molecule has 1 fully saturated rings. The van der Waals surface area contributed by atoms with Crippen LogP contribution < -0.4 is 10.1 Å². The zero-order valence-corrected chi connectivity index (χ0v) is 9.43. The fourth-order valence-electron chi connectivity index (χ4n) is 1.74. The number of nitrogens with zero attached hydrogens (tertiary/aromatic N) is 2. The fourth-order valence-corrected chi connectivity index (χ4v) is 1.74. The Balaban J connectivity index is 2.01. The summed E-state index contributed by atoms with van der Waals surface area (Å²) in [6.45, 7) is 0.806. The van der Waals surface area contributed by atoms with Gasteiger partial charge in [-0.05, 0) is 12.5 Å². The minimum absolute atomic E-state index is 0.125. The number of carbonyl (C=O) groups is 1. The average Bonchev–Trinajstić information content (AvgIpc) is 2.62. The maximum Gasteiger partial charge on any atom is 0.244 e. The van der Waals surface area contributed by atoms with Gasteiger partial charge in [-0.3, -0.25) is 4.79 Å². The lowest BCUT2D eigenvalue weighted by atomic mass is 10.2. The van der Waals surface area contributed by atoms with Crippen LogP contribution in [-0.2, 0) is 4.79 Å². The van der Waals surface area contributed by atoms with E-state index in [0.29, 0.717) is 5.88 Å². The van der Waals surface area contributed by atoms with E-state index in [1.165, 1.54) is 0 Å². The minimum atomic E-state index is -0.125. The lowest BCUT2D eigenvalue weighted by molar-refractivity contribution is -0.127. The molecule has 5 nitrogen and oxygen atoms in total. The first-order valence-corrected chi connectivity index (χ1v) is 5.22. The Morgan fingerprint density at radius 2 is 2.38 bits per heavy atom. The van der Waals surface area contributed by atoms with E-state index in [1.54, 1.807) is 24.3 Å². The van der Waals surface area contributed by atoms with Crippen LogP contribution in [-0.4, -0.2) is 42.5 Å². The van der Waals surface area contributed by atoms with E-state index in [-0.39, 0.29) is 11.9 Å². The number of hydrogen-bond donors (Lipinski definition) is 1. The van der Waals surface area contributed by atoms with Gasteiger partial charge in [0.25, 0.3) is 0 Å². The monoisotopic (exact) mass is 221 g/mol. The van der Waals surface area contributed by atoms with Crippen LogP contribution in [0.4, 0.5) is 5.69 Å². The third kappa shape index (κ3) is 2.08. The van der Waals surface area contributed by atoms with Crippen molar-refractivity contribution in [3.8, 4) is 5.88 Å². The molecule has 1 aliphatic heterocycles. The normalized spacial score (nSPS) is 20.0. The summed E-state index contributed by atoms with van der Waals surface area (Å²) >= 11 is 0. The molecular formula is C11H15N3O2. The Hall–Kier alpha value is -1.78. The largest absolute Gasteiger partial charge is 0.481 e. The van der Waals surface area contributed by atoms with Crippen molar-refractivity contribution < 1.29 is 9.53 Å². The highest BCUT2D eigenvalue weighted by Crippen LogP contribution is 2.16. The number of aromatic nitrogens is 1. The summed E-state index contributed by atoms with van der Waals surface area (Å²) in [5.74, 6) is 0.705. The molecule has 1 aliphatic rings. The molecule has 0 bridgehead atoms. The molecule has 2 heterocycles. The Morgan fingerprint density at radius 3 is 2.88 bits per heavy atom. The zero-order chi connectivity index (χ0) is 11.5. The maximum atomic E-state index is 11.7. The first kappa shape index (κ1) is 10.7. The van der Waals surface area contributed by atoms with Gasteiger partial charge in [0, 0.05) is 19.7 Å². The van der Waals surface area contributed by atoms with E-state index < -0.39 is 0 Å². The van der Waals surface area contributed by atoms with Crippen LogP contribution in [0.5, 0.6) is 5.88 Å². The number of rotatable bonds is 3. The Bertz CT molecular complexity index is 377. The topological polar surface area (TPSA) is 54.5 Å². The number of likely N-dealkylation sites (tertiary alicyclic amines) is 1. The van der Waals surface area contributed by atoms with E-state index in [2.05, 4.69) is 10.3 Å². The first-order valence-electron chi connectivity index (χ1n) is 5.22. The number of nitrogens with one attached hydrogen (secondary N) is 1. The van der Waals surface area contributed by atoms with Crippen molar-refractivity contribution in [3.05, 3.63) is 18.3 Å². The molecule has 1 aromatic rings. The highest BCUT2D eigenvalue weighted by molar-refractivity contribution is 5.86. The molecule has 1 saturated heterocycles. The van der Waals surface area contributed by atoms with Gasteiger partial charge in [0.05, 0.1) is 19.0 Å². The Morgan fingerprint density at radius 1 is 1.56 bits per heavy atom. The summed E-state index contributed by atoms with van der Waals surface area (Å²) < 4.78 is 4.96. The summed E-state index contributed by atoms with van der Waals surface area (Å²) in [4.78, 5) is 17.5. The van der Waals surface area contributed by atoms with Crippen LogP contribution in [0.3, 0.4) is 0 Å². The van der Waals surface area contributed by atoms with Crippen molar-refractivity contribution in [1.82, 2.24) is 9.88 Å². The van der Waals surface area contributed by atoms with Gasteiger partial charge in [0.2, 0.25) is 11.8 Å². The van der Waals surface area contributed by atoms with Crippen LogP contribution in [0, 0.1) is 0 Å². The van der Waals surface area contributed by atoms with Crippen LogP contribution in [0.15, 0.2) is 18.3 Å². The van der Waals surface area contributed by atoms with Crippen molar-refractivity contribution in [1.29, 1.82) is 0 Å². The van der Waals surface area contributed by atoms with Crippen LogP contribution >= 0.6 is 0 Å². The summed E-state index contributed by atoms with van der Waals surface area (Å²) in [5, 5.41) is 3.16. The summed E-state index contributed by atoms with van der Waals surface area (Å²) in [7, 11) is 3.39. The summed E-state index contributed by atoms with van der Waals surface area (Å²) in [5.41, 5.74) is 0.842. The van der Waals surface area contributed by atoms with Gasteiger partial charge < -0.3 is 15.0 Å². The first-order chi connectivity index (χ1) is 7.70. The lowest BCUT2D eigenvalue weighted by Crippen LogP contribution is -2.30. The molecule has 1 amide bonds. The molecule has 0 radical (unpaired) electrons. The molecule has 1 atom stereocenters. The third-order valence-corrected chi connectivity index (χ3v) is 2.71. The van der Waals surface area contributed by atoms with Gasteiger partial charge in [-0.15, -0.1) is 0 Å². The number of ether oxygens (including phenoxy) is 1. The van der Waals surface area contributed by atoms with Gasteiger partial charge in [-0.2, -0.15) is 0 Å². The molecule has 0 aliphatic carbocycles. The van der Waals surface area contributed by atoms with Crippen LogP contribution in [0.2, 0.25) is 0 Å². The van der Waals surface area contributed by atoms with Crippen LogP contribution in [0.1, 0.15) is 6.42 Å². The standard InChI is InChI=1S/C11H15N3O2/c1-14-6-5-9(11(14)15)13-8-3-4-10(16-2)12-7-8/h3-4,7,9,13H,5-6H2,1-2H3. The number of carbonyl (C=O) groups excluding carboxylic acids is 1. The van der Waals surface area contributed by atoms with Crippen LogP contribution in [0.25, 0.3) is 0 Å². The molecule has 5 heteroatoms. The lowest BCUT2D eigenvalue weighted by Gasteiger charge is -2.13. The number of likely N-dealkylation sites (N-methyl/N-ethyl adjacent to an activating group) is 1. The SMILES string of the molecule is COc1ccc(NC2CCN(C)C2=O)cn1. The smallest absolute Gasteiger partial charge is 0.244 e. The van der Waals surface area contributed by atoms with E-state index >= 15 is 0 Å². The highest BCUT2D eigenvalue weighted by Gasteiger charge is 2.28. The van der Waals surface area contributed by atoms with E-state index in [1.807, 2.05) is 13.1 Å². The minimum Gasteiger partial charge on any atom is -0.481 e. The predicted octanol–water partition coefficient (Wildman–Crippen LogP) is 0.733. The van der Waals surface area contributed by atoms with Gasteiger partial charge in [-0.25, -0.2) is 4.98 Å². The number of anilines is 1. The molecule has 0 aromatic carbocycles. The zero-order valence-electron chi connectivity index (χ0n) is 9.43. The Labute approximate surface area is 94.4 Å². The number of pyridine rings is 1. The molecule has 16 heavy (non-hydrogen) atoms. The van der Waals surface area contributed by atoms with E-state index in [4.69, 9.17) is 4.74 Å². The molecule has 1 N–H and O–H groups in total. The number of methoxy groups -OCH3 is 1. The molecule has 2 rings (SSSR count). The second-order valence-corrected chi connectivity index (χ2v) is 3.83. The van der Waals surface area contributed by atoms with Gasteiger partial charge in [-0.1, -0.05) is 0 Å². The van der Waals surface area contributed by atoms with Crippen molar-refractivity contribution in [3.63, 3.8) is 0 Å². The van der Waals surface area contributed by atoms with Gasteiger partial charge in [0.1, 0.15) is 6.04 Å². The van der Waals surface area contributed by atoms with E-state index in [0.717, 1.165) is 18.7 Å². The van der Waals surface area contributed by atoms with Crippen molar-refractivity contribution in [2.45, 2.75) is 12.5 Å². The molecule has 1 unspecified atom stereocenters. The molecule has 0 spiro atoms. The van der Waals surface area contributed by atoms with Gasteiger partial charge >= 0.3 is 0 Å². The van der Waals surface area contributed by atoms with Crippen molar-refractivity contribution in [2.24, 2.45) is 0 Å². The fraction of sp³-hybridized carbons (Fsp3) is 0.455. The molecule has 86 valence electrons. The Kier molecular flexibility index (Phi) is 2.94. The quantitative estimate of drug-likeness (QED) is 0.817. The molecule has 1 aromatic heterocycles. The van der Waals surface area contributed by atoms with Crippen molar-refractivity contribution >= 4 is 11.6 Å². The number of hydrogen-bond acceptors (Lipinski definition) is 4. The third-order valence-electron chi connectivity index (χ3n) is 2.71. The van der Waals surface area contributed by atoms with Gasteiger partial charge in [0.15, 0.2) is 0 Å². The summed E-state index contributed by atoms with van der Waals surface area (Å²) in [6, 6.07) is 3.50. The van der Waals surface area contributed by atoms with E-state index in [9.17, 15) is 4.79 Å². The predicted molar refractivity (Wildman–Crippen MR) is 60.5 cm³/mol. The summed E-state index contributed by atoms with van der Waals surface area (Å²) in [6.07, 6.45) is 2.51. The average molecular weight is 221 g/mol. The maximum absolute atomic E-state index is 11.7. The highest BCUT2D eigenvalue weighted by atomic mass is 16.5. The molecule has 0 saturated carbocycles. The second-order valence-electron chi connectivity index (χ2n) is 3.83. The molecular weight excluding hydrogens is 206 g/mol.